The summed E-state index contributed by atoms with van der Waals surface area (Å²) in [7, 11) is 0. The molecule has 1 aromatic carbocycles. The van der Waals surface area contributed by atoms with Crippen LogP contribution in [0.3, 0.4) is 0 Å². The van der Waals surface area contributed by atoms with Gasteiger partial charge in [-0.15, -0.1) is 0 Å². The van der Waals surface area contributed by atoms with Crippen LogP contribution in [-0.4, -0.2) is 62.8 Å². The fourth-order valence-electron chi connectivity index (χ4n) is 4.77. The summed E-state index contributed by atoms with van der Waals surface area (Å²) >= 11 is 0. The Kier molecular flexibility index (Phi) is 4.21. The third-order valence-electron chi connectivity index (χ3n) is 6.22. The van der Waals surface area contributed by atoms with Crippen molar-refractivity contribution >= 4 is 23.4 Å². The Labute approximate surface area is 163 Å². The summed E-state index contributed by atoms with van der Waals surface area (Å²) in [6.07, 6.45) is 1.82. The van der Waals surface area contributed by atoms with Crippen molar-refractivity contribution in [1.29, 1.82) is 0 Å². The average molecular weight is 387 g/mol. The smallest absolute Gasteiger partial charge is 0.415 e. The molecule has 4 aliphatic rings. The molecule has 2 amide bonds. The van der Waals surface area contributed by atoms with E-state index in [0.717, 1.165) is 43.6 Å². The highest BCUT2D eigenvalue weighted by Crippen LogP contribution is 2.41. The van der Waals surface area contributed by atoms with Gasteiger partial charge in [0.2, 0.25) is 5.91 Å². The largest absolute Gasteiger partial charge is 0.442 e. The number of cyclic esters (lactones) is 1. The van der Waals surface area contributed by atoms with Gasteiger partial charge in [0.1, 0.15) is 6.10 Å². The van der Waals surface area contributed by atoms with Gasteiger partial charge in [-0.2, -0.15) is 0 Å². The van der Waals surface area contributed by atoms with E-state index in [2.05, 4.69) is 22.3 Å². The molecule has 8 heteroatoms. The van der Waals surface area contributed by atoms with Crippen LogP contribution in [0.2, 0.25) is 0 Å². The van der Waals surface area contributed by atoms with Crippen molar-refractivity contribution in [2.75, 3.05) is 42.6 Å². The van der Waals surface area contributed by atoms with Crippen LogP contribution in [0.25, 0.3) is 0 Å². The molecule has 3 fully saturated rings. The van der Waals surface area contributed by atoms with Crippen molar-refractivity contribution in [2.45, 2.75) is 44.1 Å². The lowest BCUT2D eigenvalue weighted by atomic mass is 10.0. The second-order valence-electron chi connectivity index (χ2n) is 7.91. The molecule has 4 aliphatic heterocycles. The fraction of sp³-hybridized carbons (Fsp3) is 0.600. The number of nitrogens with one attached hydrogen (secondary N) is 1. The van der Waals surface area contributed by atoms with Gasteiger partial charge in [-0.1, -0.05) is 0 Å². The van der Waals surface area contributed by atoms with Gasteiger partial charge in [0.05, 0.1) is 31.5 Å². The SMILES string of the molecule is CC(=O)NCC1OC(=O)N2c3ccc(N4CCC5(CC4)OCCO5)cc3C[C@@H]12. The molecule has 0 radical (unpaired) electrons. The first kappa shape index (κ1) is 17.8. The number of ether oxygens (including phenoxy) is 3. The van der Waals surface area contributed by atoms with Crippen LogP contribution in [0.1, 0.15) is 25.3 Å². The Bertz CT molecular complexity index is 797. The second-order valence-corrected chi connectivity index (χ2v) is 7.91. The van der Waals surface area contributed by atoms with Gasteiger partial charge in [0.25, 0.3) is 0 Å². The highest BCUT2D eigenvalue weighted by Gasteiger charge is 2.47. The number of hydrogen-bond donors (Lipinski definition) is 1. The number of nitrogens with zero attached hydrogens (tertiary/aromatic N) is 2. The van der Waals surface area contributed by atoms with E-state index in [0.29, 0.717) is 19.8 Å². The Balaban J connectivity index is 1.30. The van der Waals surface area contributed by atoms with E-state index in [-0.39, 0.29) is 29.9 Å². The van der Waals surface area contributed by atoms with E-state index in [9.17, 15) is 9.59 Å². The predicted octanol–water partition coefficient (Wildman–Crippen LogP) is 1.42. The number of hydrogen-bond acceptors (Lipinski definition) is 6. The quantitative estimate of drug-likeness (QED) is 0.845. The zero-order valence-electron chi connectivity index (χ0n) is 16.0. The van der Waals surface area contributed by atoms with E-state index in [4.69, 9.17) is 14.2 Å². The van der Waals surface area contributed by atoms with Gasteiger partial charge in [-0.25, -0.2) is 4.79 Å². The van der Waals surface area contributed by atoms with Crippen molar-refractivity contribution in [3.8, 4) is 0 Å². The summed E-state index contributed by atoms with van der Waals surface area (Å²) in [6.45, 7) is 4.96. The standard InChI is InChI=1S/C20H25N3O5/c1-13(24)21-12-18-17-11-14-10-15(2-3-16(14)23(17)19(25)28-18)22-6-4-20(5-7-22)26-8-9-27-20/h2-3,10,17-18H,4-9,11-12H2,1H3,(H,21,24)/t17-,18?/m0/s1. The van der Waals surface area contributed by atoms with Gasteiger partial charge >= 0.3 is 6.09 Å². The molecule has 0 aliphatic carbocycles. The topological polar surface area (TPSA) is 80.3 Å². The summed E-state index contributed by atoms with van der Waals surface area (Å²) in [5.74, 6) is -0.498. The van der Waals surface area contributed by atoms with Gasteiger partial charge in [0.15, 0.2) is 5.79 Å². The maximum atomic E-state index is 12.4. The summed E-state index contributed by atoms with van der Waals surface area (Å²) in [4.78, 5) is 27.7. The summed E-state index contributed by atoms with van der Waals surface area (Å²) in [6, 6.07) is 6.21. The predicted molar refractivity (Wildman–Crippen MR) is 101 cm³/mol. The van der Waals surface area contributed by atoms with Crippen LogP contribution in [0, 0.1) is 0 Å². The van der Waals surface area contributed by atoms with Gasteiger partial charge in [0, 0.05) is 38.5 Å². The molecule has 1 aromatic rings. The second kappa shape index (κ2) is 6.63. The summed E-state index contributed by atoms with van der Waals surface area (Å²) in [5, 5.41) is 2.76. The molecule has 28 heavy (non-hydrogen) atoms. The van der Waals surface area contributed by atoms with Crippen LogP contribution in [0.15, 0.2) is 18.2 Å². The fourth-order valence-corrected chi connectivity index (χ4v) is 4.77. The third kappa shape index (κ3) is 2.91. The molecular formula is C20H25N3O5. The Hall–Kier alpha value is -2.32. The minimum Gasteiger partial charge on any atom is -0.442 e. The molecule has 2 atom stereocenters. The van der Waals surface area contributed by atoms with Crippen LogP contribution >= 0.6 is 0 Å². The first-order valence-corrected chi connectivity index (χ1v) is 9.95. The third-order valence-corrected chi connectivity index (χ3v) is 6.22. The van der Waals surface area contributed by atoms with Crippen LogP contribution in [0.5, 0.6) is 0 Å². The van der Waals surface area contributed by atoms with E-state index >= 15 is 0 Å². The highest BCUT2D eigenvalue weighted by atomic mass is 16.7. The molecule has 150 valence electrons. The number of carbonyl (C=O) groups excluding carboxylic acids is 2. The molecule has 0 bridgehead atoms. The number of carbonyl (C=O) groups is 2. The van der Waals surface area contributed by atoms with Crippen molar-refractivity contribution < 1.29 is 23.8 Å². The monoisotopic (exact) mass is 387 g/mol. The number of rotatable bonds is 3. The van der Waals surface area contributed by atoms with E-state index in [1.54, 1.807) is 4.90 Å². The van der Waals surface area contributed by atoms with Crippen molar-refractivity contribution in [1.82, 2.24) is 5.32 Å². The normalized spacial score (nSPS) is 27.7. The van der Waals surface area contributed by atoms with Crippen LogP contribution in [-0.2, 0) is 25.4 Å². The Morgan fingerprint density at radius 3 is 2.71 bits per heavy atom. The molecule has 4 heterocycles. The lowest BCUT2D eigenvalue weighted by molar-refractivity contribution is -0.169. The average Bonchev–Trinajstić information content (AvgIpc) is 3.36. The lowest BCUT2D eigenvalue weighted by Crippen LogP contribution is -2.45. The molecule has 3 saturated heterocycles. The van der Waals surface area contributed by atoms with Gasteiger partial charge < -0.3 is 24.4 Å². The number of benzene rings is 1. The molecule has 1 N–H and O–H groups in total. The molecule has 5 rings (SSSR count). The number of amides is 2. The first-order chi connectivity index (χ1) is 13.5. The summed E-state index contributed by atoms with van der Waals surface area (Å²) < 4.78 is 17.1. The molecule has 1 unspecified atom stereocenters. The number of anilines is 2. The van der Waals surface area contributed by atoms with Gasteiger partial charge in [-0.05, 0) is 30.2 Å². The van der Waals surface area contributed by atoms with Gasteiger partial charge in [-0.3, -0.25) is 9.69 Å². The highest BCUT2D eigenvalue weighted by molar-refractivity contribution is 5.94. The molecular weight excluding hydrogens is 362 g/mol. The van der Waals surface area contributed by atoms with Crippen LogP contribution < -0.4 is 15.1 Å². The Morgan fingerprint density at radius 1 is 1.25 bits per heavy atom. The zero-order valence-corrected chi connectivity index (χ0v) is 16.0. The number of piperidine rings is 1. The van der Waals surface area contributed by atoms with E-state index in [1.165, 1.54) is 12.6 Å². The Morgan fingerprint density at radius 2 is 2.00 bits per heavy atom. The molecule has 0 aromatic heterocycles. The molecule has 0 saturated carbocycles. The van der Waals surface area contributed by atoms with Crippen LogP contribution in [0.4, 0.5) is 16.2 Å². The number of fused-ring (bicyclic) bond motifs is 3. The minimum atomic E-state index is -0.378. The van der Waals surface area contributed by atoms with Crippen molar-refractivity contribution in [2.24, 2.45) is 0 Å². The maximum Gasteiger partial charge on any atom is 0.415 e. The zero-order chi connectivity index (χ0) is 19.3. The minimum absolute atomic E-state index is 0.0606. The molecule has 1 spiro atoms. The summed E-state index contributed by atoms with van der Waals surface area (Å²) in [5.41, 5.74) is 3.24. The van der Waals surface area contributed by atoms with Crippen molar-refractivity contribution in [3.63, 3.8) is 0 Å². The van der Waals surface area contributed by atoms with Crippen molar-refractivity contribution in [3.05, 3.63) is 23.8 Å². The first-order valence-electron chi connectivity index (χ1n) is 9.95. The maximum absolute atomic E-state index is 12.4. The van der Waals surface area contributed by atoms with E-state index < -0.39 is 0 Å². The molecule has 8 nitrogen and oxygen atoms in total. The lowest BCUT2D eigenvalue weighted by Gasteiger charge is -2.38. The van der Waals surface area contributed by atoms with E-state index in [1.807, 2.05) is 6.07 Å².